The zero-order valence-electron chi connectivity index (χ0n) is 13.0. The molecule has 0 saturated carbocycles. The Kier molecular flexibility index (Phi) is 4.08. The molecule has 2 aliphatic rings. The summed E-state index contributed by atoms with van der Waals surface area (Å²) in [5, 5.41) is 8.06. The molecular weight excluding hydrogens is 250 g/mol. The summed E-state index contributed by atoms with van der Waals surface area (Å²) in [7, 11) is 2.05. The van der Waals surface area contributed by atoms with Gasteiger partial charge >= 0.3 is 0 Å². The molecule has 0 aliphatic carbocycles. The highest BCUT2D eigenvalue weighted by atomic mass is 15.4. The summed E-state index contributed by atoms with van der Waals surface area (Å²) < 4.78 is 2.01. The van der Waals surface area contributed by atoms with E-state index in [0.717, 1.165) is 25.0 Å². The average Bonchev–Trinajstić information content (AvgIpc) is 3.05. The summed E-state index contributed by atoms with van der Waals surface area (Å²) in [5.41, 5.74) is 0. The Morgan fingerprint density at radius 3 is 2.60 bits per heavy atom. The molecule has 1 unspecified atom stereocenters. The van der Waals surface area contributed by atoms with Crippen LogP contribution < -0.4 is 5.32 Å². The van der Waals surface area contributed by atoms with Gasteiger partial charge in [-0.1, -0.05) is 13.8 Å². The van der Waals surface area contributed by atoms with E-state index in [0.29, 0.717) is 12.0 Å². The Labute approximate surface area is 121 Å². The fourth-order valence-corrected chi connectivity index (χ4v) is 3.59. The lowest BCUT2D eigenvalue weighted by molar-refractivity contribution is 0.141. The first kappa shape index (κ1) is 14.0. The number of hydrogen-bond acceptors (Lipinski definition) is 4. The van der Waals surface area contributed by atoms with Crippen molar-refractivity contribution in [1.29, 1.82) is 0 Å². The first-order valence-corrected chi connectivity index (χ1v) is 8.04. The van der Waals surface area contributed by atoms with Gasteiger partial charge in [0.05, 0.1) is 6.04 Å². The molecule has 0 radical (unpaired) electrons. The largest absolute Gasteiger partial charge is 0.317 e. The zero-order valence-corrected chi connectivity index (χ0v) is 13.0. The second-order valence-electron chi connectivity index (χ2n) is 6.48. The van der Waals surface area contributed by atoms with Crippen LogP contribution in [-0.2, 0) is 7.05 Å². The van der Waals surface area contributed by atoms with Gasteiger partial charge in [-0.25, -0.2) is 4.98 Å². The lowest BCUT2D eigenvalue weighted by Crippen LogP contribution is -2.43. The van der Waals surface area contributed by atoms with Gasteiger partial charge in [-0.2, -0.15) is 5.10 Å². The Morgan fingerprint density at radius 1 is 1.20 bits per heavy atom. The second kappa shape index (κ2) is 5.82. The van der Waals surface area contributed by atoms with E-state index in [1.165, 1.54) is 38.1 Å². The maximum absolute atomic E-state index is 4.83. The van der Waals surface area contributed by atoms with E-state index in [-0.39, 0.29) is 0 Å². The smallest absolute Gasteiger partial charge is 0.153 e. The zero-order chi connectivity index (χ0) is 14.1. The molecule has 112 valence electrons. The summed E-state index contributed by atoms with van der Waals surface area (Å²) in [6.07, 6.45) is 5.06. The number of aromatic nitrogens is 3. The number of rotatable bonds is 3. The van der Waals surface area contributed by atoms with E-state index in [1.807, 2.05) is 11.7 Å². The molecule has 20 heavy (non-hydrogen) atoms. The molecule has 1 aromatic rings. The van der Waals surface area contributed by atoms with E-state index in [9.17, 15) is 0 Å². The number of hydrogen-bond donors (Lipinski definition) is 1. The number of nitrogens with zero attached hydrogens (tertiary/aromatic N) is 4. The normalized spacial score (nSPS) is 25.7. The van der Waals surface area contributed by atoms with Crippen LogP contribution in [-0.4, -0.2) is 45.3 Å². The minimum atomic E-state index is 0.406. The average molecular weight is 277 g/mol. The first-order valence-electron chi connectivity index (χ1n) is 8.04. The summed E-state index contributed by atoms with van der Waals surface area (Å²) >= 11 is 0. The molecule has 1 atom stereocenters. The van der Waals surface area contributed by atoms with Gasteiger partial charge in [-0.15, -0.1) is 0 Å². The predicted octanol–water partition coefficient (Wildman–Crippen LogP) is 1.83. The molecule has 0 bridgehead atoms. The first-order chi connectivity index (χ1) is 9.66. The molecule has 0 amide bonds. The Hall–Kier alpha value is -0.940. The summed E-state index contributed by atoms with van der Waals surface area (Å²) in [6, 6.07) is 1.20. The quantitative estimate of drug-likeness (QED) is 0.915. The highest BCUT2D eigenvalue weighted by Crippen LogP contribution is 2.34. The van der Waals surface area contributed by atoms with Crippen LogP contribution in [0.5, 0.6) is 0 Å². The van der Waals surface area contributed by atoms with Crippen LogP contribution in [0.25, 0.3) is 0 Å². The van der Waals surface area contributed by atoms with Crippen molar-refractivity contribution in [1.82, 2.24) is 25.0 Å². The highest BCUT2D eigenvalue weighted by molar-refractivity contribution is 5.05. The van der Waals surface area contributed by atoms with Crippen LogP contribution >= 0.6 is 0 Å². The van der Waals surface area contributed by atoms with Gasteiger partial charge in [0.15, 0.2) is 5.82 Å². The van der Waals surface area contributed by atoms with Crippen molar-refractivity contribution in [2.75, 3.05) is 19.6 Å². The fourth-order valence-electron chi connectivity index (χ4n) is 3.59. The molecule has 2 aliphatic heterocycles. The Morgan fingerprint density at radius 2 is 1.95 bits per heavy atom. The van der Waals surface area contributed by atoms with E-state index in [4.69, 9.17) is 4.98 Å². The predicted molar refractivity (Wildman–Crippen MR) is 79.7 cm³/mol. The molecule has 3 rings (SSSR count). The van der Waals surface area contributed by atoms with Crippen molar-refractivity contribution in [2.45, 2.75) is 57.5 Å². The molecule has 2 fully saturated rings. The van der Waals surface area contributed by atoms with Gasteiger partial charge in [-0.3, -0.25) is 9.58 Å². The fraction of sp³-hybridized carbons (Fsp3) is 0.867. The highest BCUT2D eigenvalue weighted by Gasteiger charge is 2.35. The van der Waals surface area contributed by atoms with Gasteiger partial charge in [0.2, 0.25) is 0 Å². The van der Waals surface area contributed by atoms with Crippen LogP contribution in [0.1, 0.15) is 63.1 Å². The van der Waals surface area contributed by atoms with Crippen molar-refractivity contribution < 1.29 is 0 Å². The molecular formula is C15H27N5. The van der Waals surface area contributed by atoms with Crippen molar-refractivity contribution in [3.8, 4) is 0 Å². The van der Waals surface area contributed by atoms with E-state index < -0.39 is 0 Å². The third kappa shape index (κ3) is 2.61. The standard InChI is InChI=1S/C15H27N5/c1-11(2)14-17-15(19(3)18-14)13-5-4-10-20(13)12-6-8-16-9-7-12/h11-13,16H,4-10H2,1-3H3. The maximum Gasteiger partial charge on any atom is 0.153 e. The Balaban J connectivity index is 1.80. The molecule has 1 aromatic heterocycles. The van der Waals surface area contributed by atoms with Gasteiger partial charge in [0.1, 0.15) is 5.82 Å². The molecule has 2 saturated heterocycles. The van der Waals surface area contributed by atoms with E-state index >= 15 is 0 Å². The second-order valence-corrected chi connectivity index (χ2v) is 6.48. The number of aryl methyl sites for hydroxylation is 1. The SMILES string of the molecule is CC(C)c1nc(C2CCCN2C2CCNCC2)n(C)n1. The van der Waals surface area contributed by atoms with Crippen LogP contribution in [0.4, 0.5) is 0 Å². The van der Waals surface area contributed by atoms with Gasteiger partial charge in [0.25, 0.3) is 0 Å². The van der Waals surface area contributed by atoms with Crippen molar-refractivity contribution >= 4 is 0 Å². The minimum absolute atomic E-state index is 0.406. The maximum atomic E-state index is 4.83. The van der Waals surface area contributed by atoms with Crippen molar-refractivity contribution in [3.05, 3.63) is 11.6 Å². The monoisotopic (exact) mass is 277 g/mol. The molecule has 0 spiro atoms. The summed E-state index contributed by atoms with van der Waals surface area (Å²) in [6.45, 7) is 7.86. The van der Waals surface area contributed by atoms with Crippen LogP contribution in [0.15, 0.2) is 0 Å². The molecule has 3 heterocycles. The molecule has 5 heteroatoms. The summed E-state index contributed by atoms with van der Waals surface area (Å²) in [5.74, 6) is 2.56. The number of nitrogens with one attached hydrogen (secondary N) is 1. The minimum Gasteiger partial charge on any atom is -0.317 e. The third-order valence-electron chi connectivity index (χ3n) is 4.70. The molecule has 1 N–H and O–H groups in total. The van der Waals surface area contributed by atoms with E-state index in [1.54, 1.807) is 0 Å². The topological polar surface area (TPSA) is 46.0 Å². The molecule has 0 aromatic carbocycles. The molecule has 5 nitrogen and oxygen atoms in total. The lowest BCUT2D eigenvalue weighted by Gasteiger charge is -2.35. The third-order valence-corrected chi connectivity index (χ3v) is 4.70. The Bertz CT molecular complexity index is 447. The van der Waals surface area contributed by atoms with Crippen molar-refractivity contribution in [3.63, 3.8) is 0 Å². The number of piperidine rings is 1. The van der Waals surface area contributed by atoms with Gasteiger partial charge in [-0.05, 0) is 45.3 Å². The lowest BCUT2D eigenvalue weighted by atomic mass is 10.0. The van der Waals surface area contributed by atoms with Gasteiger partial charge < -0.3 is 5.32 Å². The van der Waals surface area contributed by atoms with Gasteiger partial charge in [0, 0.05) is 19.0 Å². The van der Waals surface area contributed by atoms with Crippen LogP contribution in [0, 0.1) is 0 Å². The summed E-state index contributed by atoms with van der Waals surface area (Å²) in [4.78, 5) is 7.52. The van der Waals surface area contributed by atoms with E-state index in [2.05, 4.69) is 29.2 Å². The van der Waals surface area contributed by atoms with Crippen LogP contribution in [0.3, 0.4) is 0 Å². The number of likely N-dealkylation sites (tertiary alicyclic amines) is 1. The van der Waals surface area contributed by atoms with Crippen LogP contribution in [0.2, 0.25) is 0 Å². The van der Waals surface area contributed by atoms with Crippen molar-refractivity contribution in [2.24, 2.45) is 7.05 Å².